The third-order valence-corrected chi connectivity index (χ3v) is 11.7. The molecule has 1 fully saturated rings. The van der Waals surface area contributed by atoms with Crippen LogP contribution >= 0.6 is 23.1 Å². The quantitative estimate of drug-likeness (QED) is 0.0140. The minimum Gasteiger partial charge on any atom is -0.427 e. The van der Waals surface area contributed by atoms with E-state index < -0.39 is 58.7 Å². The molecule has 0 saturated carbocycles. The van der Waals surface area contributed by atoms with Crippen molar-refractivity contribution >= 4 is 57.7 Å². The minimum absolute atomic E-state index is 0.151. The van der Waals surface area contributed by atoms with Crippen molar-refractivity contribution in [3.8, 4) is 0 Å². The molecule has 60 heavy (non-hydrogen) atoms. The second-order valence-electron chi connectivity index (χ2n) is 15.1. The second-order valence-corrected chi connectivity index (χ2v) is 17.0. The lowest BCUT2D eigenvalue weighted by Gasteiger charge is -2.49. The number of β-lactam (4-membered cyclic amide) rings is 1. The highest BCUT2D eigenvalue weighted by molar-refractivity contribution is 8.00. The zero-order valence-electron chi connectivity index (χ0n) is 33.8. The smallest absolute Gasteiger partial charge is 0.357 e. The summed E-state index contributed by atoms with van der Waals surface area (Å²) in [5.41, 5.74) is 10.2. The molecule has 6 rings (SSSR count). The van der Waals surface area contributed by atoms with Crippen LogP contribution in [0.1, 0.15) is 57.0 Å². The van der Waals surface area contributed by atoms with E-state index in [0.29, 0.717) is 10.7 Å². The normalized spacial score (nSPS) is 16.8. The maximum absolute atomic E-state index is 14.2. The van der Waals surface area contributed by atoms with Crippen molar-refractivity contribution in [3.05, 3.63) is 140 Å². The first-order valence-corrected chi connectivity index (χ1v) is 20.7. The number of nitrogens with zero attached hydrogens (tertiary/aromatic N) is 6. The highest BCUT2D eigenvalue weighted by Gasteiger charge is 2.55. The van der Waals surface area contributed by atoms with E-state index in [0.717, 1.165) is 16.7 Å². The standard InChI is InChI=1S/C42H44N8O8S2/c1-40(2,3)38(54)57-25-56-37(53)33-26(22-44-49-43)23-59-36-32(35(52)50(33)36)46-34(51)31(48-58-41(4,5)55-6)30-24-60-39(45-30)47-42(27-16-10-7-11-17-27,28-18-12-8-13-19-28)29-20-14-9-15-21-29/h7-21,24,32,36H,22-23,25H2,1-6H3,(H,45,47)(H,46,51)/t32?,36-/m1/s1. The van der Waals surface area contributed by atoms with Crippen LogP contribution in [0.15, 0.2) is 118 Å². The number of carbonyl (C=O) groups is 4. The Kier molecular flexibility index (Phi) is 13.3. The maximum atomic E-state index is 14.2. The molecule has 0 radical (unpaired) electrons. The van der Waals surface area contributed by atoms with E-state index in [1.807, 2.05) is 91.0 Å². The molecule has 1 unspecified atom stereocenters. The highest BCUT2D eigenvalue weighted by Crippen LogP contribution is 2.42. The summed E-state index contributed by atoms with van der Waals surface area (Å²) >= 11 is 2.50. The van der Waals surface area contributed by atoms with Gasteiger partial charge in [-0.2, -0.15) is 0 Å². The highest BCUT2D eigenvalue weighted by atomic mass is 32.2. The number of fused-ring (bicyclic) bond motifs is 1. The number of azide groups is 1. The molecule has 0 aliphatic carbocycles. The van der Waals surface area contributed by atoms with Crippen molar-refractivity contribution in [2.75, 3.05) is 31.5 Å². The van der Waals surface area contributed by atoms with Gasteiger partial charge in [-0.25, -0.2) is 9.78 Å². The van der Waals surface area contributed by atoms with E-state index in [2.05, 4.69) is 25.8 Å². The van der Waals surface area contributed by atoms with Gasteiger partial charge in [0.05, 0.1) is 12.0 Å². The summed E-state index contributed by atoms with van der Waals surface area (Å²) in [6.07, 6.45) is 0. The van der Waals surface area contributed by atoms with Crippen LogP contribution in [0.25, 0.3) is 10.4 Å². The largest absolute Gasteiger partial charge is 0.427 e. The number of hydrogen-bond donors (Lipinski definition) is 2. The first kappa shape index (κ1) is 43.4. The molecule has 312 valence electrons. The Hall–Kier alpha value is -6.20. The summed E-state index contributed by atoms with van der Waals surface area (Å²) in [4.78, 5) is 68.2. The molecular weight excluding hydrogens is 809 g/mol. The summed E-state index contributed by atoms with van der Waals surface area (Å²) in [5, 5.41) is 15.6. The Balaban J connectivity index is 1.29. The van der Waals surface area contributed by atoms with Crippen molar-refractivity contribution in [3.63, 3.8) is 0 Å². The fourth-order valence-corrected chi connectivity index (χ4v) is 8.41. The molecule has 2 N–H and O–H groups in total. The number of nitrogens with one attached hydrogen (secondary N) is 2. The van der Waals surface area contributed by atoms with E-state index in [1.54, 1.807) is 40.0 Å². The molecule has 2 aliphatic heterocycles. The number of aromatic nitrogens is 1. The molecule has 3 aromatic carbocycles. The van der Waals surface area contributed by atoms with Crippen LogP contribution in [0.3, 0.4) is 0 Å². The average Bonchev–Trinajstić information content (AvgIpc) is 3.71. The van der Waals surface area contributed by atoms with Gasteiger partial charge in [0.15, 0.2) is 10.8 Å². The lowest BCUT2D eigenvalue weighted by Crippen LogP contribution is -2.71. The predicted octanol–water partition coefficient (Wildman–Crippen LogP) is 6.70. The Morgan fingerprint density at radius 3 is 2.03 bits per heavy atom. The minimum atomic E-state index is -1.24. The maximum Gasteiger partial charge on any atom is 0.357 e. The molecular formula is C42H44N8O8S2. The van der Waals surface area contributed by atoms with Crippen molar-refractivity contribution in [1.82, 2.24) is 15.2 Å². The van der Waals surface area contributed by atoms with E-state index in [1.165, 1.54) is 35.1 Å². The molecule has 1 saturated heterocycles. The van der Waals surface area contributed by atoms with Crippen LogP contribution in [0, 0.1) is 5.41 Å². The Morgan fingerprint density at radius 1 is 0.917 bits per heavy atom. The van der Waals surface area contributed by atoms with Crippen LogP contribution in [-0.4, -0.2) is 82.8 Å². The number of anilines is 1. The lowest BCUT2D eigenvalue weighted by atomic mass is 9.77. The molecule has 3 heterocycles. The number of hydrogen-bond acceptors (Lipinski definition) is 14. The van der Waals surface area contributed by atoms with E-state index >= 15 is 0 Å². The molecule has 0 spiro atoms. The molecule has 4 aromatic rings. The number of thiazole rings is 1. The van der Waals surface area contributed by atoms with Crippen LogP contribution in [0.5, 0.6) is 0 Å². The van der Waals surface area contributed by atoms with Crippen molar-refractivity contribution < 1.29 is 38.2 Å². The number of carbonyl (C=O) groups excluding carboxylic acids is 4. The van der Waals surface area contributed by atoms with Gasteiger partial charge in [-0.05, 0) is 48.6 Å². The van der Waals surface area contributed by atoms with E-state index in [4.69, 9.17) is 29.6 Å². The summed E-state index contributed by atoms with van der Waals surface area (Å²) in [6.45, 7) is 7.26. The number of amides is 2. The molecule has 0 bridgehead atoms. The van der Waals surface area contributed by atoms with Gasteiger partial charge in [-0.3, -0.25) is 19.3 Å². The van der Waals surface area contributed by atoms with Gasteiger partial charge < -0.3 is 29.7 Å². The van der Waals surface area contributed by atoms with Gasteiger partial charge in [0.1, 0.15) is 28.3 Å². The van der Waals surface area contributed by atoms with Crippen molar-refractivity contribution in [2.24, 2.45) is 15.7 Å². The van der Waals surface area contributed by atoms with Crippen molar-refractivity contribution in [2.45, 2.75) is 57.4 Å². The fourth-order valence-electron chi connectivity index (χ4n) is 6.32. The fraction of sp³-hybridized carbons (Fsp3) is 0.333. The third-order valence-electron chi connectivity index (χ3n) is 9.57. The van der Waals surface area contributed by atoms with Gasteiger partial charge in [0.25, 0.3) is 11.8 Å². The number of rotatable bonds is 16. The summed E-state index contributed by atoms with van der Waals surface area (Å²) in [6, 6.07) is 28.8. The van der Waals surface area contributed by atoms with E-state index in [9.17, 15) is 19.2 Å². The van der Waals surface area contributed by atoms with Gasteiger partial charge in [-0.15, -0.1) is 23.1 Å². The molecule has 18 heteroatoms. The van der Waals surface area contributed by atoms with Crippen LogP contribution in [0.4, 0.5) is 5.13 Å². The topological polar surface area (TPSA) is 207 Å². The zero-order chi connectivity index (χ0) is 43.1. The summed E-state index contributed by atoms with van der Waals surface area (Å²) < 4.78 is 15.7. The molecule has 2 aliphatic rings. The Morgan fingerprint density at radius 2 is 1.50 bits per heavy atom. The van der Waals surface area contributed by atoms with Crippen LogP contribution in [0.2, 0.25) is 0 Å². The second kappa shape index (κ2) is 18.4. The van der Waals surface area contributed by atoms with E-state index in [-0.39, 0.29) is 29.4 Å². The Bertz CT molecular complexity index is 2230. The van der Waals surface area contributed by atoms with Gasteiger partial charge >= 0.3 is 11.9 Å². The molecule has 16 nitrogen and oxygen atoms in total. The average molecular weight is 853 g/mol. The summed E-state index contributed by atoms with van der Waals surface area (Å²) in [5.74, 6) is -4.03. The monoisotopic (exact) mass is 852 g/mol. The molecule has 1 aromatic heterocycles. The SMILES string of the molecule is COC(C)(C)ON=C(C(=O)NC1C(=O)N2C(C(=O)OCOC(=O)C(C)(C)C)=C(CN=[N+]=[N-])CS[C@H]12)c1csc(NC(c2ccccc2)(c2ccccc2)c2ccccc2)n1. The van der Waals surface area contributed by atoms with Crippen molar-refractivity contribution in [1.29, 1.82) is 0 Å². The van der Waals surface area contributed by atoms with Gasteiger partial charge in [0, 0.05) is 37.0 Å². The zero-order valence-corrected chi connectivity index (χ0v) is 35.4. The van der Waals surface area contributed by atoms with Crippen LogP contribution in [-0.2, 0) is 43.8 Å². The number of benzene rings is 3. The first-order valence-electron chi connectivity index (χ1n) is 18.7. The Labute approximate surface area is 354 Å². The number of oxime groups is 1. The molecule has 2 amide bonds. The molecule has 2 atom stereocenters. The number of esters is 2. The summed E-state index contributed by atoms with van der Waals surface area (Å²) in [7, 11) is 1.43. The van der Waals surface area contributed by atoms with Crippen LogP contribution < -0.4 is 10.6 Å². The first-order chi connectivity index (χ1) is 28.7. The van der Waals surface area contributed by atoms with Gasteiger partial charge in [-0.1, -0.05) is 101 Å². The number of methoxy groups -OCH3 is 1. The number of ether oxygens (including phenoxy) is 3. The lowest BCUT2D eigenvalue weighted by molar-refractivity contribution is -0.197. The number of thioether (sulfide) groups is 1. The third kappa shape index (κ3) is 9.31. The predicted molar refractivity (Wildman–Crippen MR) is 226 cm³/mol. The van der Waals surface area contributed by atoms with Gasteiger partial charge in [0.2, 0.25) is 12.6 Å².